The molecule has 0 aliphatic heterocycles. The zero-order valence-corrected chi connectivity index (χ0v) is 19.7. The highest BCUT2D eigenvalue weighted by Gasteiger charge is 2.18. The number of fused-ring (bicyclic) bond motifs is 1. The summed E-state index contributed by atoms with van der Waals surface area (Å²) in [4.78, 5) is 21.5. The fourth-order valence-corrected chi connectivity index (χ4v) is 4.62. The predicted octanol–water partition coefficient (Wildman–Crippen LogP) is 6.58. The fourth-order valence-electron chi connectivity index (χ4n) is 3.69. The van der Waals surface area contributed by atoms with Gasteiger partial charge in [-0.05, 0) is 35.4 Å². The number of hydrogen-bond donors (Lipinski definition) is 0. The largest absolute Gasteiger partial charge is 0.460 e. The van der Waals surface area contributed by atoms with Crippen molar-refractivity contribution < 1.29 is 9.53 Å². The summed E-state index contributed by atoms with van der Waals surface area (Å²) < 4.78 is 7.46. The second-order valence-corrected chi connectivity index (χ2v) is 8.97. The second kappa shape index (κ2) is 10.1. The lowest BCUT2D eigenvalue weighted by Crippen LogP contribution is -2.07. The monoisotopic (exact) mass is 485 g/mol. The number of hydrogen-bond acceptors (Lipinski definition) is 5. The van der Waals surface area contributed by atoms with Crippen LogP contribution in [0.5, 0.6) is 0 Å². The summed E-state index contributed by atoms with van der Waals surface area (Å²) in [6.07, 6.45) is 3.58. The van der Waals surface area contributed by atoms with E-state index in [2.05, 4.69) is 28.3 Å². The lowest BCUT2D eigenvalue weighted by Gasteiger charge is -2.07. The van der Waals surface area contributed by atoms with E-state index in [4.69, 9.17) is 16.3 Å². The molecule has 0 fully saturated rings. The smallest absolute Gasteiger partial charge is 0.316 e. The molecule has 5 nitrogen and oxygen atoms in total. The molecular formula is C27H20ClN3O2S. The van der Waals surface area contributed by atoms with Gasteiger partial charge in [0.15, 0.2) is 0 Å². The van der Waals surface area contributed by atoms with Gasteiger partial charge in [0.1, 0.15) is 23.6 Å². The number of carbonyl (C=O) groups excluding carboxylic acids is 1. The number of halogens is 1. The van der Waals surface area contributed by atoms with E-state index in [1.54, 1.807) is 0 Å². The van der Waals surface area contributed by atoms with Gasteiger partial charge in [0.05, 0.1) is 11.1 Å². The number of carbonyl (C=O) groups is 1. The number of nitrogens with zero attached hydrogens (tertiary/aromatic N) is 3. The standard InChI is InChI=1S/C27H20ClN3O2S/c28-21-11-13-22(14-12-21)31-15-23(20-9-5-2-6-10-20)25-26(31)29-18-30-27(25)34-17-24(32)33-16-19-7-3-1-4-8-19/h1-15,18H,16-17H2. The molecule has 0 N–H and O–H groups in total. The number of rotatable bonds is 7. The summed E-state index contributed by atoms with van der Waals surface area (Å²) in [7, 11) is 0. The van der Waals surface area contributed by atoms with Crippen molar-refractivity contribution in [3.05, 3.63) is 108 Å². The summed E-state index contributed by atoms with van der Waals surface area (Å²) >= 11 is 7.45. The SMILES string of the molecule is O=C(CSc1ncnc2c1c(-c1ccccc1)cn2-c1ccc(Cl)cc1)OCc1ccccc1. The van der Waals surface area contributed by atoms with Gasteiger partial charge in [-0.25, -0.2) is 9.97 Å². The van der Waals surface area contributed by atoms with Crippen molar-refractivity contribution in [2.24, 2.45) is 0 Å². The third-order valence-corrected chi connectivity index (χ3v) is 6.52. The van der Waals surface area contributed by atoms with Gasteiger partial charge in [-0.15, -0.1) is 0 Å². The highest BCUT2D eigenvalue weighted by molar-refractivity contribution is 8.00. The molecule has 0 saturated carbocycles. The number of aromatic nitrogens is 3. The normalized spacial score (nSPS) is 11.0. The van der Waals surface area contributed by atoms with E-state index in [0.29, 0.717) is 5.02 Å². The van der Waals surface area contributed by atoms with Gasteiger partial charge in [-0.1, -0.05) is 84.0 Å². The molecule has 5 aromatic rings. The Labute approximate surface area is 206 Å². The molecule has 3 aromatic carbocycles. The Balaban J connectivity index is 1.47. The van der Waals surface area contributed by atoms with Crippen LogP contribution in [0.25, 0.3) is 27.8 Å². The van der Waals surface area contributed by atoms with Crippen LogP contribution in [-0.4, -0.2) is 26.3 Å². The maximum Gasteiger partial charge on any atom is 0.316 e. The molecular weight excluding hydrogens is 466 g/mol. The Morgan fingerprint density at radius 2 is 1.62 bits per heavy atom. The van der Waals surface area contributed by atoms with Gasteiger partial charge < -0.3 is 9.30 Å². The van der Waals surface area contributed by atoms with Gasteiger partial charge in [-0.2, -0.15) is 0 Å². The first-order valence-electron chi connectivity index (χ1n) is 10.7. The van der Waals surface area contributed by atoms with Crippen molar-refractivity contribution in [3.63, 3.8) is 0 Å². The quantitative estimate of drug-likeness (QED) is 0.148. The zero-order chi connectivity index (χ0) is 23.3. The van der Waals surface area contributed by atoms with Crippen LogP contribution in [0.2, 0.25) is 5.02 Å². The first kappa shape index (κ1) is 22.2. The first-order chi connectivity index (χ1) is 16.7. The molecule has 168 valence electrons. The Bertz CT molecular complexity index is 1420. The molecule has 7 heteroatoms. The van der Waals surface area contributed by atoms with Crippen molar-refractivity contribution in [2.45, 2.75) is 11.6 Å². The maximum absolute atomic E-state index is 12.4. The average molecular weight is 486 g/mol. The predicted molar refractivity (Wildman–Crippen MR) is 136 cm³/mol. The van der Waals surface area contributed by atoms with Crippen LogP contribution >= 0.6 is 23.4 Å². The Morgan fingerprint density at radius 1 is 0.912 bits per heavy atom. The van der Waals surface area contributed by atoms with Gasteiger partial charge in [0, 0.05) is 22.5 Å². The van der Waals surface area contributed by atoms with Crippen molar-refractivity contribution in [1.29, 1.82) is 0 Å². The van der Waals surface area contributed by atoms with E-state index in [1.807, 2.05) is 77.4 Å². The zero-order valence-electron chi connectivity index (χ0n) is 18.1. The van der Waals surface area contributed by atoms with Crippen molar-refractivity contribution >= 4 is 40.4 Å². The molecule has 5 rings (SSSR count). The van der Waals surface area contributed by atoms with E-state index < -0.39 is 0 Å². The summed E-state index contributed by atoms with van der Waals surface area (Å²) in [5.74, 6) is -0.140. The van der Waals surface area contributed by atoms with Crippen molar-refractivity contribution in [1.82, 2.24) is 14.5 Å². The van der Waals surface area contributed by atoms with E-state index in [1.165, 1.54) is 18.1 Å². The molecule has 0 bridgehead atoms. The molecule has 0 spiro atoms. The van der Waals surface area contributed by atoms with Crippen LogP contribution in [0.3, 0.4) is 0 Å². The Hall–Kier alpha value is -3.61. The van der Waals surface area contributed by atoms with Crippen molar-refractivity contribution in [2.75, 3.05) is 5.75 Å². The van der Waals surface area contributed by atoms with Crippen LogP contribution in [0, 0.1) is 0 Å². The average Bonchev–Trinajstić information content (AvgIpc) is 3.28. The highest BCUT2D eigenvalue weighted by Crippen LogP contribution is 2.36. The van der Waals surface area contributed by atoms with Gasteiger partial charge in [0.25, 0.3) is 0 Å². The fraction of sp³-hybridized carbons (Fsp3) is 0.0741. The van der Waals surface area contributed by atoms with Gasteiger partial charge in [-0.3, -0.25) is 4.79 Å². The summed E-state index contributed by atoms with van der Waals surface area (Å²) in [5, 5.41) is 2.29. The number of ether oxygens (including phenoxy) is 1. The molecule has 0 aliphatic carbocycles. The molecule has 34 heavy (non-hydrogen) atoms. The summed E-state index contributed by atoms with van der Waals surface area (Å²) in [6.45, 7) is 0.252. The molecule has 0 aliphatic rings. The van der Waals surface area contributed by atoms with E-state index >= 15 is 0 Å². The number of benzene rings is 3. The topological polar surface area (TPSA) is 57.0 Å². The molecule has 0 radical (unpaired) electrons. The third kappa shape index (κ3) is 4.83. The van der Waals surface area contributed by atoms with Crippen molar-refractivity contribution in [3.8, 4) is 16.8 Å². The van der Waals surface area contributed by atoms with E-state index in [0.717, 1.165) is 38.4 Å². The van der Waals surface area contributed by atoms with Gasteiger partial charge >= 0.3 is 5.97 Å². The summed E-state index contributed by atoms with van der Waals surface area (Å²) in [6, 6.07) is 27.3. The lowest BCUT2D eigenvalue weighted by molar-refractivity contribution is -0.141. The third-order valence-electron chi connectivity index (χ3n) is 5.31. The van der Waals surface area contributed by atoms with E-state index in [-0.39, 0.29) is 18.3 Å². The number of esters is 1. The molecule has 0 atom stereocenters. The minimum Gasteiger partial charge on any atom is -0.460 e. The van der Waals surface area contributed by atoms with Crippen LogP contribution < -0.4 is 0 Å². The molecule has 0 saturated heterocycles. The Kier molecular flexibility index (Phi) is 6.60. The van der Waals surface area contributed by atoms with Crippen LogP contribution in [0.4, 0.5) is 0 Å². The lowest BCUT2D eigenvalue weighted by atomic mass is 10.1. The minimum atomic E-state index is -0.293. The minimum absolute atomic E-state index is 0.152. The number of thioether (sulfide) groups is 1. The maximum atomic E-state index is 12.4. The molecule has 2 aromatic heterocycles. The van der Waals surface area contributed by atoms with Crippen LogP contribution in [-0.2, 0) is 16.1 Å². The van der Waals surface area contributed by atoms with Crippen LogP contribution in [0.1, 0.15) is 5.56 Å². The highest BCUT2D eigenvalue weighted by atomic mass is 35.5. The second-order valence-electron chi connectivity index (χ2n) is 7.57. The van der Waals surface area contributed by atoms with E-state index in [9.17, 15) is 4.79 Å². The first-order valence-corrected chi connectivity index (χ1v) is 12.0. The molecule has 2 heterocycles. The molecule has 0 amide bonds. The van der Waals surface area contributed by atoms with Gasteiger partial charge in [0.2, 0.25) is 0 Å². The Morgan fingerprint density at radius 3 is 2.35 bits per heavy atom. The summed E-state index contributed by atoms with van der Waals surface area (Å²) in [5.41, 5.74) is 4.69. The van der Waals surface area contributed by atoms with Crippen LogP contribution in [0.15, 0.2) is 102 Å². The molecule has 0 unspecified atom stereocenters.